The van der Waals surface area contributed by atoms with E-state index < -0.39 is 8.32 Å². The topological polar surface area (TPSA) is 26.3 Å². The van der Waals surface area contributed by atoms with Crippen molar-refractivity contribution in [1.82, 2.24) is 0 Å². The van der Waals surface area contributed by atoms with Crippen molar-refractivity contribution in [2.45, 2.75) is 50.7 Å². The standard InChI is InChI=1S/C15H22O2Si/c1-18(2,3)17-14(16)15(11-7-8-12-15)13-9-5-4-6-10-13/h4-6,9-10H,7-8,11-12H2,1-3H3. The van der Waals surface area contributed by atoms with Crippen LogP contribution in [0.1, 0.15) is 31.2 Å². The van der Waals surface area contributed by atoms with Crippen molar-refractivity contribution < 1.29 is 9.22 Å². The molecule has 98 valence electrons. The molecule has 0 radical (unpaired) electrons. The minimum Gasteiger partial charge on any atom is -0.519 e. The third-order valence-electron chi connectivity index (χ3n) is 3.57. The van der Waals surface area contributed by atoms with Crippen LogP contribution in [0.2, 0.25) is 19.6 Å². The molecule has 3 heteroatoms. The molecule has 0 amide bonds. The average molecular weight is 262 g/mol. The second-order valence-corrected chi connectivity index (χ2v) is 10.6. The Kier molecular flexibility index (Phi) is 3.62. The summed E-state index contributed by atoms with van der Waals surface area (Å²) < 4.78 is 5.78. The third-order valence-corrected chi connectivity index (χ3v) is 4.37. The van der Waals surface area contributed by atoms with E-state index in [1.165, 1.54) is 0 Å². The molecule has 2 nitrogen and oxygen atoms in total. The maximum atomic E-state index is 12.6. The number of hydrogen-bond donors (Lipinski definition) is 0. The van der Waals surface area contributed by atoms with Crippen LogP contribution in [0.25, 0.3) is 0 Å². The van der Waals surface area contributed by atoms with Crippen LogP contribution in [0.4, 0.5) is 0 Å². The highest BCUT2D eigenvalue weighted by Gasteiger charge is 2.45. The lowest BCUT2D eigenvalue weighted by Crippen LogP contribution is -2.41. The summed E-state index contributed by atoms with van der Waals surface area (Å²) in [6, 6.07) is 10.2. The molecule has 1 aliphatic carbocycles. The normalized spacial score (nSPS) is 18.6. The van der Waals surface area contributed by atoms with Gasteiger partial charge in [0.15, 0.2) is 0 Å². The van der Waals surface area contributed by atoms with Crippen molar-refractivity contribution in [3.05, 3.63) is 35.9 Å². The molecule has 0 heterocycles. The Morgan fingerprint density at radius 2 is 1.67 bits per heavy atom. The molecule has 0 bridgehead atoms. The Bertz CT molecular complexity index is 414. The van der Waals surface area contributed by atoms with E-state index in [4.69, 9.17) is 4.43 Å². The summed E-state index contributed by atoms with van der Waals surface area (Å²) in [6.45, 7) is 6.20. The summed E-state index contributed by atoms with van der Waals surface area (Å²) in [4.78, 5) is 12.6. The largest absolute Gasteiger partial charge is 0.519 e. The van der Waals surface area contributed by atoms with Crippen LogP contribution in [-0.4, -0.2) is 14.3 Å². The lowest BCUT2D eigenvalue weighted by atomic mass is 9.79. The van der Waals surface area contributed by atoms with E-state index in [1.807, 2.05) is 18.2 Å². The summed E-state index contributed by atoms with van der Waals surface area (Å²) in [5.74, 6) is 0.00497. The van der Waals surface area contributed by atoms with Crippen molar-refractivity contribution in [2.24, 2.45) is 0 Å². The Morgan fingerprint density at radius 3 is 2.17 bits per heavy atom. The lowest BCUT2D eigenvalue weighted by Gasteiger charge is -2.31. The van der Waals surface area contributed by atoms with E-state index in [2.05, 4.69) is 31.8 Å². The predicted molar refractivity (Wildman–Crippen MR) is 76.0 cm³/mol. The quantitative estimate of drug-likeness (QED) is 0.773. The van der Waals surface area contributed by atoms with Gasteiger partial charge in [0.2, 0.25) is 8.32 Å². The van der Waals surface area contributed by atoms with Crippen LogP contribution in [0, 0.1) is 0 Å². The highest BCUT2D eigenvalue weighted by molar-refractivity contribution is 6.71. The van der Waals surface area contributed by atoms with Gasteiger partial charge in [0.25, 0.3) is 0 Å². The maximum Gasteiger partial charge on any atom is 0.303 e. The molecule has 0 atom stereocenters. The summed E-state index contributed by atoms with van der Waals surface area (Å²) >= 11 is 0. The van der Waals surface area contributed by atoms with Crippen molar-refractivity contribution in [1.29, 1.82) is 0 Å². The molecule has 1 aromatic rings. The zero-order chi connectivity index (χ0) is 13.2. The van der Waals surface area contributed by atoms with Crippen molar-refractivity contribution in [3.8, 4) is 0 Å². The summed E-state index contributed by atoms with van der Waals surface area (Å²) in [5.41, 5.74) is 0.757. The van der Waals surface area contributed by atoms with Gasteiger partial charge in [-0.3, -0.25) is 4.79 Å². The fraction of sp³-hybridized carbons (Fsp3) is 0.533. The van der Waals surface area contributed by atoms with Gasteiger partial charge in [-0.2, -0.15) is 0 Å². The van der Waals surface area contributed by atoms with Gasteiger partial charge in [-0.15, -0.1) is 0 Å². The van der Waals surface area contributed by atoms with Crippen LogP contribution < -0.4 is 0 Å². The molecule has 2 rings (SSSR count). The molecule has 1 fully saturated rings. The molecule has 0 saturated heterocycles. The summed E-state index contributed by atoms with van der Waals surface area (Å²) in [6.07, 6.45) is 4.10. The van der Waals surface area contributed by atoms with Gasteiger partial charge in [0.1, 0.15) is 0 Å². The molecule has 1 aromatic carbocycles. The smallest absolute Gasteiger partial charge is 0.303 e. The van der Waals surface area contributed by atoms with Gasteiger partial charge in [0.05, 0.1) is 5.41 Å². The fourth-order valence-corrected chi connectivity index (χ4v) is 3.47. The number of rotatable bonds is 3. The predicted octanol–water partition coefficient (Wildman–Crippen LogP) is 3.88. The molecule has 18 heavy (non-hydrogen) atoms. The highest BCUT2D eigenvalue weighted by atomic mass is 28.4. The van der Waals surface area contributed by atoms with Gasteiger partial charge < -0.3 is 4.43 Å². The second kappa shape index (κ2) is 4.88. The number of carbonyl (C=O) groups is 1. The second-order valence-electron chi connectivity index (χ2n) is 6.16. The van der Waals surface area contributed by atoms with Crippen molar-refractivity contribution in [2.75, 3.05) is 0 Å². The molecule has 1 aliphatic rings. The summed E-state index contributed by atoms with van der Waals surface area (Å²) in [5, 5.41) is 0. The highest BCUT2D eigenvalue weighted by Crippen LogP contribution is 2.42. The number of carbonyl (C=O) groups excluding carboxylic acids is 1. The van der Waals surface area contributed by atoms with E-state index in [0.29, 0.717) is 0 Å². The molecule has 0 spiro atoms. The van der Waals surface area contributed by atoms with Gasteiger partial charge in [-0.05, 0) is 38.0 Å². The van der Waals surface area contributed by atoms with Crippen LogP contribution in [0.5, 0.6) is 0 Å². The van der Waals surface area contributed by atoms with E-state index >= 15 is 0 Å². The van der Waals surface area contributed by atoms with Gasteiger partial charge in [-0.25, -0.2) is 0 Å². The Balaban J connectivity index is 2.31. The van der Waals surface area contributed by atoms with Gasteiger partial charge in [0, 0.05) is 0 Å². The first-order valence-electron chi connectivity index (χ1n) is 6.73. The van der Waals surface area contributed by atoms with Gasteiger partial charge >= 0.3 is 5.97 Å². The van der Waals surface area contributed by atoms with E-state index in [9.17, 15) is 4.79 Å². The maximum absolute atomic E-state index is 12.6. The van der Waals surface area contributed by atoms with Crippen molar-refractivity contribution in [3.63, 3.8) is 0 Å². The van der Waals surface area contributed by atoms with Crippen LogP contribution >= 0.6 is 0 Å². The fourth-order valence-electron chi connectivity index (χ4n) is 2.72. The SMILES string of the molecule is C[Si](C)(C)OC(=O)C1(c2ccccc2)CCCC1. The minimum absolute atomic E-state index is 0.00497. The number of hydrogen-bond acceptors (Lipinski definition) is 2. The minimum atomic E-state index is -1.82. The first kappa shape index (κ1) is 13.3. The molecule has 0 unspecified atom stereocenters. The molecule has 1 saturated carbocycles. The average Bonchev–Trinajstić information content (AvgIpc) is 2.78. The molecule has 0 aromatic heterocycles. The van der Waals surface area contributed by atoms with Gasteiger partial charge in [-0.1, -0.05) is 43.2 Å². The van der Waals surface area contributed by atoms with E-state index in [-0.39, 0.29) is 11.4 Å². The van der Waals surface area contributed by atoms with Crippen LogP contribution in [0.3, 0.4) is 0 Å². The monoisotopic (exact) mass is 262 g/mol. The first-order chi connectivity index (χ1) is 8.44. The number of benzene rings is 1. The molecule has 0 aliphatic heterocycles. The Labute approximate surface area is 110 Å². The zero-order valence-electron chi connectivity index (χ0n) is 11.5. The zero-order valence-corrected chi connectivity index (χ0v) is 12.5. The van der Waals surface area contributed by atoms with Crippen LogP contribution in [-0.2, 0) is 14.6 Å². The Hall–Kier alpha value is -1.09. The van der Waals surface area contributed by atoms with E-state index in [1.54, 1.807) is 0 Å². The lowest BCUT2D eigenvalue weighted by molar-refractivity contribution is -0.141. The first-order valence-corrected chi connectivity index (χ1v) is 10.1. The van der Waals surface area contributed by atoms with Crippen LogP contribution in [0.15, 0.2) is 30.3 Å². The van der Waals surface area contributed by atoms with E-state index in [0.717, 1.165) is 31.2 Å². The molecular formula is C15H22O2Si. The van der Waals surface area contributed by atoms with Crippen molar-refractivity contribution >= 4 is 14.3 Å². The molecular weight excluding hydrogens is 240 g/mol. The Morgan fingerprint density at radius 1 is 1.11 bits per heavy atom. The molecule has 0 N–H and O–H groups in total. The third kappa shape index (κ3) is 2.66. The summed E-state index contributed by atoms with van der Waals surface area (Å²) in [7, 11) is -1.82.